The molecule has 0 atom stereocenters. The summed E-state index contributed by atoms with van der Waals surface area (Å²) in [4.78, 5) is 26.8. The Labute approximate surface area is 166 Å². The minimum absolute atomic E-state index is 0.0436. The standard InChI is InChI=1S/C19H11BrN4O4/c20-12-3-1-2-11(8-12)15-9-14(19(25)26)16-17(22-23-18(16)21-15)10-4-6-13(7-5-10)24(27)28/h1-9H,(H,25,26)(H,21,22,23). The van der Waals surface area contributed by atoms with E-state index in [0.29, 0.717) is 22.3 Å². The fourth-order valence-electron chi connectivity index (χ4n) is 2.95. The van der Waals surface area contributed by atoms with E-state index < -0.39 is 10.9 Å². The Morgan fingerprint density at radius 2 is 1.86 bits per heavy atom. The van der Waals surface area contributed by atoms with Gasteiger partial charge >= 0.3 is 5.97 Å². The highest BCUT2D eigenvalue weighted by Crippen LogP contribution is 2.32. The van der Waals surface area contributed by atoms with Crippen molar-refractivity contribution >= 4 is 38.6 Å². The molecular formula is C19H11BrN4O4. The van der Waals surface area contributed by atoms with Crippen LogP contribution in [0.25, 0.3) is 33.5 Å². The number of carboxylic acids is 1. The second-order valence-electron chi connectivity index (χ2n) is 5.97. The number of hydrogen-bond donors (Lipinski definition) is 2. The number of aromatic carboxylic acids is 1. The predicted molar refractivity (Wildman–Crippen MR) is 106 cm³/mol. The van der Waals surface area contributed by atoms with Gasteiger partial charge in [0.1, 0.15) is 0 Å². The molecule has 28 heavy (non-hydrogen) atoms. The van der Waals surface area contributed by atoms with E-state index in [0.717, 1.165) is 10.0 Å². The topological polar surface area (TPSA) is 122 Å². The Bertz CT molecular complexity index is 1230. The van der Waals surface area contributed by atoms with Crippen molar-refractivity contribution in [1.29, 1.82) is 0 Å². The molecule has 0 fully saturated rings. The molecule has 0 radical (unpaired) electrons. The minimum Gasteiger partial charge on any atom is -0.478 e. The number of nitrogens with one attached hydrogen (secondary N) is 1. The maximum atomic E-state index is 11.9. The van der Waals surface area contributed by atoms with Crippen LogP contribution in [0.3, 0.4) is 0 Å². The third kappa shape index (κ3) is 3.12. The first kappa shape index (κ1) is 17.8. The van der Waals surface area contributed by atoms with Gasteiger partial charge in [-0.3, -0.25) is 15.2 Å². The van der Waals surface area contributed by atoms with Crippen LogP contribution in [-0.2, 0) is 0 Å². The Kier molecular flexibility index (Phi) is 4.36. The van der Waals surface area contributed by atoms with Crippen molar-refractivity contribution in [1.82, 2.24) is 15.2 Å². The van der Waals surface area contributed by atoms with E-state index in [1.807, 2.05) is 24.3 Å². The van der Waals surface area contributed by atoms with Gasteiger partial charge < -0.3 is 5.11 Å². The van der Waals surface area contributed by atoms with Crippen molar-refractivity contribution in [3.63, 3.8) is 0 Å². The van der Waals surface area contributed by atoms with Crippen LogP contribution >= 0.6 is 15.9 Å². The van der Waals surface area contributed by atoms with E-state index in [1.54, 1.807) is 12.1 Å². The summed E-state index contributed by atoms with van der Waals surface area (Å²) in [6, 6.07) is 14.6. The smallest absolute Gasteiger partial charge is 0.336 e. The number of rotatable bonds is 4. The van der Waals surface area contributed by atoms with Crippen molar-refractivity contribution in [2.24, 2.45) is 0 Å². The van der Waals surface area contributed by atoms with Crippen LogP contribution < -0.4 is 0 Å². The quantitative estimate of drug-likeness (QED) is 0.352. The van der Waals surface area contributed by atoms with Crippen molar-refractivity contribution in [3.8, 4) is 22.5 Å². The number of carboxylic acid groups (broad SMARTS) is 1. The number of aromatic nitrogens is 3. The largest absolute Gasteiger partial charge is 0.478 e. The van der Waals surface area contributed by atoms with Gasteiger partial charge in [0, 0.05) is 27.7 Å². The summed E-state index contributed by atoms with van der Waals surface area (Å²) >= 11 is 3.39. The van der Waals surface area contributed by atoms with E-state index in [1.165, 1.54) is 18.2 Å². The molecule has 0 unspecified atom stereocenters. The zero-order valence-corrected chi connectivity index (χ0v) is 15.7. The van der Waals surface area contributed by atoms with Crippen LogP contribution in [0.15, 0.2) is 59.1 Å². The lowest BCUT2D eigenvalue weighted by molar-refractivity contribution is -0.384. The molecule has 0 aliphatic carbocycles. The lowest BCUT2D eigenvalue weighted by atomic mass is 10.0. The summed E-state index contributed by atoms with van der Waals surface area (Å²) in [5, 5.41) is 27.9. The average Bonchev–Trinajstić information content (AvgIpc) is 3.11. The second kappa shape index (κ2) is 6.86. The summed E-state index contributed by atoms with van der Waals surface area (Å²) in [6.45, 7) is 0. The van der Waals surface area contributed by atoms with E-state index in [4.69, 9.17) is 0 Å². The van der Waals surface area contributed by atoms with E-state index in [2.05, 4.69) is 31.1 Å². The number of halogens is 1. The van der Waals surface area contributed by atoms with Crippen LogP contribution in [-0.4, -0.2) is 31.2 Å². The average molecular weight is 439 g/mol. The maximum Gasteiger partial charge on any atom is 0.336 e. The van der Waals surface area contributed by atoms with Gasteiger partial charge in [0.15, 0.2) is 5.65 Å². The van der Waals surface area contributed by atoms with Crippen LogP contribution in [0.1, 0.15) is 10.4 Å². The Morgan fingerprint density at radius 1 is 1.11 bits per heavy atom. The monoisotopic (exact) mass is 438 g/mol. The van der Waals surface area contributed by atoms with Gasteiger partial charge in [-0.15, -0.1) is 0 Å². The second-order valence-corrected chi connectivity index (χ2v) is 6.89. The van der Waals surface area contributed by atoms with Crippen LogP contribution in [0.2, 0.25) is 0 Å². The first-order chi connectivity index (χ1) is 13.4. The zero-order chi connectivity index (χ0) is 19.8. The number of benzene rings is 2. The van der Waals surface area contributed by atoms with Gasteiger partial charge in [0.25, 0.3) is 5.69 Å². The number of carbonyl (C=O) groups is 1. The van der Waals surface area contributed by atoms with Crippen LogP contribution in [0.5, 0.6) is 0 Å². The fourth-order valence-corrected chi connectivity index (χ4v) is 3.35. The Morgan fingerprint density at radius 3 is 2.50 bits per heavy atom. The van der Waals surface area contributed by atoms with E-state index in [-0.39, 0.29) is 16.9 Å². The number of non-ortho nitro benzene ring substituents is 1. The minimum atomic E-state index is -1.12. The van der Waals surface area contributed by atoms with Gasteiger partial charge in [-0.25, -0.2) is 9.78 Å². The van der Waals surface area contributed by atoms with Gasteiger partial charge in [-0.05, 0) is 30.3 Å². The normalized spacial score (nSPS) is 10.9. The molecule has 2 aromatic heterocycles. The first-order valence-corrected chi connectivity index (χ1v) is 8.86. The molecule has 4 rings (SSSR count). The van der Waals surface area contributed by atoms with Crippen LogP contribution in [0, 0.1) is 10.1 Å². The van der Waals surface area contributed by atoms with Crippen molar-refractivity contribution in [3.05, 3.63) is 74.7 Å². The molecule has 2 N–H and O–H groups in total. The molecule has 0 saturated carbocycles. The number of pyridine rings is 1. The number of H-pyrrole nitrogens is 1. The molecule has 0 aliphatic heterocycles. The molecule has 4 aromatic rings. The molecule has 0 amide bonds. The fraction of sp³-hybridized carbons (Fsp3) is 0. The van der Waals surface area contributed by atoms with Crippen molar-refractivity contribution < 1.29 is 14.8 Å². The molecule has 138 valence electrons. The lowest BCUT2D eigenvalue weighted by Crippen LogP contribution is -2.00. The number of nitro groups is 1. The van der Waals surface area contributed by atoms with Crippen LogP contribution in [0.4, 0.5) is 5.69 Å². The van der Waals surface area contributed by atoms with Gasteiger partial charge in [0.05, 0.1) is 27.3 Å². The zero-order valence-electron chi connectivity index (χ0n) is 14.1. The van der Waals surface area contributed by atoms with Gasteiger partial charge in [0.2, 0.25) is 0 Å². The van der Waals surface area contributed by atoms with Crippen molar-refractivity contribution in [2.75, 3.05) is 0 Å². The third-order valence-corrected chi connectivity index (χ3v) is 4.73. The Hall–Kier alpha value is -3.59. The van der Waals surface area contributed by atoms with Crippen molar-refractivity contribution in [2.45, 2.75) is 0 Å². The first-order valence-electron chi connectivity index (χ1n) is 8.07. The molecule has 9 heteroatoms. The summed E-state index contributed by atoms with van der Waals surface area (Å²) in [5.41, 5.74) is 2.49. The molecule has 2 heterocycles. The molecule has 0 saturated heterocycles. The molecule has 0 aliphatic rings. The molecule has 0 bridgehead atoms. The third-order valence-electron chi connectivity index (χ3n) is 4.24. The summed E-state index contributed by atoms with van der Waals surface area (Å²) in [5.74, 6) is -1.12. The highest BCUT2D eigenvalue weighted by Gasteiger charge is 2.20. The maximum absolute atomic E-state index is 11.9. The van der Waals surface area contributed by atoms with E-state index in [9.17, 15) is 20.0 Å². The summed E-state index contributed by atoms with van der Waals surface area (Å²) in [7, 11) is 0. The molecular weight excluding hydrogens is 428 g/mol. The number of nitrogens with zero attached hydrogens (tertiary/aromatic N) is 3. The number of hydrogen-bond acceptors (Lipinski definition) is 5. The lowest BCUT2D eigenvalue weighted by Gasteiger charge is -2.06. The summed E-state index contributed by atoms with van der Waals surface area (Å²) < 4.78 is 0.845. The van der Waals surface area contributed by atoms with Gasteiger partial charge in [-0.1, -0.05) is 28.1 Å². The number of aromatic amines is 1. The molecule has 8 nitrogen and oxygen atoms in total. The molecule has 2 aromatic carbocycles. The summed E-state index contributed by atoms with van der Waals surface area (Å²) in [6.07, 6.45) is 0. The highest BCUT2D eigenvalue weighted by atomic mass is 79.9. The molecule has 0 spiro atoms. The number of fused-ring (bicyclic) bond motifs is 1. The SMILES string of the molecule is O=C(O)c1cc(-c2cccc(Br)c2)nc2n[nH]c(-c3ccc([N+](=O)[O-])cc3)c12. The highest BCUT2D eigenvalue weighted by molar-refractivity contribution is 9.10. The van der Waals surface area contributed by atoms with E-state index >= 15 is 0 Å². The Balaban J connectivity index is 1.91. The number of nitro benzene ring substituents is 1. The predicted octanol–water partition coefficient (Wildman–Crippen LogP) is 4.66. The van der Waals surface area contributed by atoms with Gasteiger partial charge in [-0.2, -0.15) is 5.10 Å².